The number of benzene rings is 1. The van der Waals surface area contributed by atoms with Crippen molar-refractivity contribution in [3.8, 4) is 0 Å². The van der Waals surface area contributed by atoms with Gasteiger partial charge in [0, 0.05) is 17.4 Å². The van der Waals surface area contributed by atoms with E-state index < -0.39 is 11.6 Å². The van der Waals surface area contributed by atoms with Crippen LogP contribution in [0, 0.1) is 11.6 Å². The van der Waals surface area contributed by atoms with Crippen molar-refractivity contribution in [2.75, 3.05) is 0 Å². The van der Waals surface area contributed by atoms with Crippen LogP contribution in [0.15, 0.2) is 24.3 Å². The van der Waals surface area contributed by atoms with Gasteiger partial charge in [0.1, 0.15) is 11.6 Å². The fourth-order valence-electron chi connectivity index (χ4n) is 2.79. The molecule has 0 unspecified atom stereocenters. The van der Waals surface area contributed by atoms with Crippen LogP contribution in [0.2, 0.25) is 0 Å². The predicted molar refractivity (Wildman–Crippen MR) is 80.0 cm³/mol. The fraction of sp³-hybridized carbons (Fsp3) is 0.353. The summed E-state index contributed by atoms with van der Waals surface area (Å²) in [5.41, 5.74) is 1.67. The van der Waals surface area contributed by atoms with Crippen LogP contribution >= 0.6 is 11.3 Å². The van der Waals surface area contributed by atoms with Crippen LogP contribution in [0.4, 0.5) is 8.78 Å². The van der Waals surface area contributed by atoms with Crippen molar-refractivity contribution in [3.63, 3.8) is 0 Å². The molecule has 2 aromatic rings. The number of rotatable bonds is 3. The van der Waals surface area contributed by atoms with Gasteiger partial charge in [0.15, 0.2) is 5.78 Å². The van der Waals surface area contributed by atoms with E-state index in [-0.39, 0.29) is 12.2 Å². The summed E-state index contributed by atoms with van der Waals surface area (Å²) in [6.45, 7) is 0. The molecule has 0 fully saturated rings. The quantitative estimate of drug-likeness (QED) is 0.592. The van der Waals surface area contributed by atoms with Gasteiger partial charge in [-0.05, 0) is 55.0 Å². The Bertz CT molecular complexity index is 632. The van der Waals surface area contributed by atoms with E-state index in [1.165, 1.54) is 41.8 Å². The second-order valence-electron chi connectivity index (χ2n) is 5.50. The second-order valence-corrected chi connectivity index (χ2v) is 6.63. The van der Waals surface area contributed by atoms with Crippen LogP contribution in [-0.2, 0) is 19.3 Å². The molecule has 0 spiro atoms. The molecule has 21 heavy (non-hydrogen) atoms. The lowest BCUT2D eigenvalue weighted by atomic mass is 10.1. The maximum atomic E-state index is 13.2. The van der Waals surface area contributed by atoms with Gasteiger partial charge in [-0.3, -0.25) is 4.79 Å². The third kappa shape index (κ3) is 3.38. The number of fused-ring (bicyclic) bond motifs is 1. The van der Waals surface area contributed by atoms with E-state index in [9.17, 15) is 13.6 Å². The van der Waals surface area contributed by atoms with E-state index in [1.54, 1.807) is 11.3 Å². The van der Waals surface area contributed by atoms with E-state index in [2.05, 4.69) is 0 Å². The third-order valence-electron chi connectivity index (χ3n) is 3.81. The molecule has 0 amide bonds. The van der Waals surface area contributed by atoms with Gasteiger partial charge < -0.3 is 0 Å². The molecule has 0 bridgehead atoms. The molecule has 1 aromatic carbocycles. The zero-order valence-electron chi connectivity index (χ0n) is 11.6. The molecule has 1 aliphatic rings. The first-order valence-electron chi connectivity index (χ1n) is 7.21. The normalized spacial score (nSPS) is 14.6. The standard InChI is InChI=1S/C17H16F2OS/c18-13-6-11(7-14(19)10-13)8-15(20)17-9-12-4-2-1-3-5-16(12)21-17/h6-7,9-10H,1-5,8H2. The lowest BCUT2D eigenvalue weighted by Gasteiger charge is -2.00. The molecular weight excluding hydrogens is 290 g/mol. The number of carbonyl (C=O) groups excluding carboxylic acids is 1. The molecule has 1 nitrogen and oxygen atoms in total. The lowest BCUT2D eigenvalue weighted by molar-refractivity contribution is 0.0996. The average Bonchev–Trinajstić information content (AvgIpc) is 2.69. The molecule has 0 N–H and O–H groups in total. The van der Waals surface area contributed by atoms with Gasteiger partial charge in [0.25, 0.3) is 0 Å². The van der Waals surface area contributed by atoms with Crippen molar-refractivity contribution in [1.82, 2.24) is 0 Å². The number of carbonyl (C=O) groups is 1. The average molecular weight is 306 g/mol. The number of aryl methyl sites for hydroxylation is 2. The Balaban J connectivity index is 1.79. The van der Waals surface area contributed by atoms with Gasteiger partial charge in [0.2, 0.25) is 0 Å². The molecule has 3 rings (SSSR count). The van der Waals surface area contributed by atoms with Crippen LogP contribution in [0.5, 0.6) is 0 Å². The number of hydrogen-bond donors (Lipinski definition) is 0. The molecule has 0 saturated heterocycles. The van der Waals surface area contributed by atoms with Crippen molar-refractivity contribution >= 4 is 17.1 Å². The fourth-order valence-corrected chi connectivity index (χ4v) is 3.98. The minimum Gasteiger partial charge on any atom is -0.293 e. The Morgan fingerprint density at radius 1 is 1.00 bits per heavy atom. The van der Waals surface area contributed by atoms with Gasteiger partial charge >= 0.3 is 0 Å². The van der Waals surface area contributed by atoms with Crippen LogP contribution in [0.1, 0.15) is 44.9 Å². The SMILES string of the molecule is O=C(Cc1cc(F)cc(F)c1)c1cc2c(s1)CCCCC2. The molecule has 0 radical (unpaired) electrons. The topological polar surface area (TPSA) is 17.1 Å². The summed E-state index contributed by atoms with van der Waals surface area (Å²) in [7, 11) is 0. The highest BCUT2D eigenvalue weighted by Crippen LogP contribution is 2.29. The van der Waals surface area contributed by atoms with Crippen molar-refractivity contribution in [3.05, 3.63) is 56.8 Å². The number of Topliss-reactive ketones (excluding diaryl/α,β-unsaturated/α-hetero) is 1. The zero-order chi connectivity index (χ0) is 14.8. The van der Waals surface area contributed by atoms with E-state index in [4.69, 9.17) is 0 Å². The van der Waals surface area contributed by atoms with E-state index >= 15 is 0 Å². The Morgan fingerprint density at radius 2 is 1.71 bits per heavy atom. The highest BCUT2D eigenvalue weighted by molar-refractivity contribution is 7.14. The Hall–Kier alpha value is -1.55. The van der Waals surface area contributed by atoms with Crippen molar-refractivity contribution in [1.29, 1.82) is 0 Å². The lowest BCUT2D eigenvalue weighted by Crippen LogP contribution is -2.02. The molecule has 1 aromatic heterocycles. The van der Waals surface area contributed by atoms with Gasteiger partial charge in [-0.1, -0.05) is 6.42 Å². The summed E-state index contributed by atoms with van der Waals surface area (Å²) < 4.78 is 26.3. The monoisotopic (exact) mass is 306 g/mol. The number of hydrogen-bond acceptors (Lipinski definition) is 2. The smallest absolute Gasteiger partial charge is 0.177 e. The van der Waals surface area contributed by atoms with Gasteiger partial charge in [0.05, 0.1) is 4.88 Å². The molecule has 0 aliphatic heterocycles. The summed E-state index contributed by atoms with van der Waals surface area (Å²) in [5, 5.41) is 0. The van der Waals surface area contributed by atoms with Crippen LogP contribution < -0.4 is 0 Å². The summed E-state index contributed by atoms with van der Waals surface area (Å²) in [5.74, 6) is -1.34. The first-order valence-corrected chi connectivity index (χ1v) is 8.03. The Kier molecular flexibility index (Phi) is 4.15. The summed E-state index contributed by atoms with van der Waals surface area (Å²) >= 11 is 1.55. The van der Waals surface area contributed by atoms with Crippen molar-refractivity contribution in [2.24, 2.45) is 0 Å². The number of thiophene rings is 1. The highest BCUT2D eigenvalue weighted by Gasteiger charge is 2.17. The Morgan fingerprint density at radius 3 is 2.48 bits per heavy atom. The first-order chi connectivity index (χ1) is 10.1. The molecule has 1 heterocycles. The van der Waals surface area contributed by atoms with E-state index in [0.29, 0.717) is 10.4 Å². The van der Waals surface area contributed by atoms with E-state index in [1.807, 2.05) is 6.07 Å². The minimum atomic E-state index is -0.639. The molecule has 0 saturated carbocycles. The first kappa shape index (κ1) is 14.4. The molecule has 1 aliphatic carbocycles. The Labute approximate surface area is 126 Å². The summed E-state index contributed by atoms with van der Waals surface area (Å²) in [6, 6.07) is 5.24. The third-order valence-corrected chi connectivity index (χ3v) is 5.09. The van der Waals surface area contributed by atoms with E-state index in [0.717, 1.165) is 18.9 Å². The predicted octanol–water partition coefficient (Wildman–Crippen LogP) is 4.72. The maximum Gasteiger partial charge on any atom is 0.177 e. The highest BCUT2D eigenvalue weighted by atomic mass is 32.1. The molecule has 4 heteroatoms. The summed E-state index contributed by atoms with van der Waals surface area (Å²) in [6.07, 6.45) is 5.72. The van der Waals surface area contributed by atoms with Gasteiger partial charge in [-0.15, -0.1) is 11.3 Å². The molecule has 110 valence electrons. The van der Waals surface area contributed by atoms with Crippen LogP contribution in [-0.4, -0.2) is 5.78 Å². The second kappa shape index (κ2) is 6.06. The largest absolute Gasteiger partial charge is 0.293 e. The van der Waals surface area contributed by atoms with Gasteiger partial charge in [-0.2, -0.15) is 0 Å². The van der Waals surface area contributed by atoms with Crippen molar-refractivity contribution in [2.45, 2.75) is 38.5 Å². The minimum absolute atomic E-state index is 0.0497. The molecular formula is C17H16F2OS. The van der Waals surface area contributed by atoms with Crippen LogP contribution in [0.25, 0.3) is 0 Å². The zero-order valence-corrected chi connectivity index (χ0v) is 12.4. The van der Waals surface area contributed by atoms with Gasteiger partial charge in [-0.25, -0.2) is 8.78 Å². The van der Waals surface area contributed by atoms with Crippen LogP contribution in [0.3, 0.4) is 0 Å². The molecule has 0 atom stereocenters. The maximum absolute atomic E-state index is 13.2. The summed E-state index contributed by atoms with van der Waals surface area (Å²) in [4.78, 5) is 14.3. The van der Waals surface area contributed by atoms with Crippen molar-refractivity contribution < 1.29 is 13.6 Å². The number of halogens is 2. The number of ketones is 1.